The Morgan fingerprint density at radius 1 is 0.444 bits per heavy atom. The van der Waals surface area contributed by atoms with Gasteiger partial charge in [-0.05, 0) is 51.4 Å². The van der Waals surface area contributed by atoms with Crippen LogP contribution < -0.4 is 5.32 Å². The number of aliphatic hydroxyl groups is 2. The molecule has 0 spiro atoms. The maximum atomic E-state index is 12.5. The molecular formula is C57H109NO5. The minimum absolute atomic E-state index is 0.0202. The first kappa shape index (κ1) is 61.3. The minimum Gasteiger partial charge on any atom is -0.466 e. The quantitative estimate of drug-likeness (QED) is 0.0321. The number of carbonyl (C=O) groups is 2. The van der Waals surface area contributed by atoms with Crippen LogP contribution in [-0.4, -0.2) is 47.4 Å². The summed E-state index contributed by atoms with van der Waals surface area (Å²) in [6, 6.07) is -0.552. The highest BCUT2D eigenvalue weighted by Crippen LogP contribution is 2.17. The lowest BCUT2D eigenvalue weighted by molar-refractivity contribution is -0.143. The van der Waals surface area contributed by atoms with Gasteiger partial charge in [0.15, 0.2) is 0 Å². The van der Waals surface area contributed by atoms with Gasteiger partial charge in [0.05, 0.1) is 25.4 Å². The third kappa shape index (κ3) is 49.6. The molecule has 372 valence electrons. The summed E-state index contributed by atoms with van der Waals surface area (Å²) < 4.78 is 5.45. The van der Waals surface area contributed by atoms with E-state index in [9.17, 15) is 19.8 Å². The summed E-state index contributed by atoms with van der Waals surface area (Å²) in [5, 5.41) is 23.3. The number of aliphatic hydroxyl groups excluding tert-OH is 2. The summed E-state index contributed by atoms with van der Waals surface area (Å²) >= 11 is 0. The number of amides is 1. The van der Waals surface area contributed by atoms with Crippen LogP contribution in [0.3, 0.4) is 0 Å². The molecule has 0 heterocycles. The Bertz CT molecular complexity index is 982. The van der Waals surface area contributed by atoms with Crippen LogP contribution in [-0.2, 0) is 14.3 Å². The van der Waals surface area contributed by atoms with Crippen molar-refractivity contribution in [2.24, 2.45) is 0 Å². The van der Waals surface area contributed by atoms with Gasteiger partial charge < -0.3 is 20.3 Å². The predicted molar refractivity (Wildman–Crippen MR) is 273 cm³/mol. The summed E-state index contributed by atoms with van der Waals surface area (Å²) in [7, 11) is 0. The molecule has 6 nitrogen and oxygen atoms in total. The fourth-order valence-electron chi connectivity index (χ4n) is 8.68. The Hall–Kier alpha value is -1.66. The fraction of sp³-hybridized carbons (Fsp3) is 0.895. The van der Waals surface area contributed by atoms with Gasteiger partial charge in [0.25, 0.3) is 0 Å². The van der Waals surface area contributed by atoms with E-state index in [1.807, 2.05) is 0 Å². The Kier molecular flexibility index (Phi) is 51.6. The second-order valence-corrected chi connectivity index (χ2v) is 19.3. The summed E-state index contributed by atoms with van der Waals surface area (Å²) in [5.74, 6) is -0.0665. The Morgan fingerprint density at radius 3 is 1.27 bits per heavy atom. The molecule has 0 aliphatic carbocycles. The lowest BCUT2D eigenvalue weighted by Gasteiger charge is -2.22. The number of hydrogen-bond donors (Lipinski definition) is 3. The van der Waals surface area contributed by atoms with Gasteiger partial charge >= 0.3 is 5.97 Å². The molecule has 0 rings (SSSR count). The van der Waals surface area contributed by atoms with Crippen molar-refractivity contribution >= 4 is 11.9 Å². The van der Waals surface area contributed by atoms with Crippen molar-refractivity contribution in [3.63, 3.8) is 0 Å². The second-order valence-electron chi connectivity index (χ2n) is 19.3. The molecule has 0 fully saturated rings. The monoisotopic (exact) mass is 888 g/mol. The molecule has 3 N–H and O–H groups in total. The van der Waals surface area contributed by atoms with Crippen molar-refractivity contribution in [3.8, 4) is 0 Å². The van der Waals surface area contributed by atoms with E-state index in [4.69, 9.17) is 4.74 Å². The maximum absolute atomic E-state index is 12.5. The standard InChI is InChI=1S/C57H109NO5/c1-3-5-7-9-11-13-15-17-18-19-20-21-22-23-26-29-33-37-41-45-49-55(60)54(53-59)58-56(61)50-46-42-38-34-30-27-24-28-32-36-40-44-48-52-63-57(62)51-47-43-39-35-31-25-16-14-12-10-8-6-4-2/h8,10,14,16,54-55,59-60H,3-7,9,11-13,15,17-53H2,1-2H3,(H,58,61)/b10-8-,16-14-. The number of carbonyl (C=O) groups excluding carboxylic acids is 2. The molecule has 0 aromatic heterocycles. The van der Waals surface area contributed by atoms with E-state index in [1.165, 1.54) is 205 Å². The molecule has 0 bridgehead atoms. The molecule has 0 saturated heterocycles. The lowest BCUT2D eigenvalue weighted by Crippen LogP contribution is -2.45. The predicted octanol–water partition coefficient (Wildman–Crippen LogP) is 17.1. The fourth-order valence-corrected chi connectivity index (χ4v) is 8.68. The van der Waals surface area contributed by atoms with Crippen LogP contribution in [0, 0.1) is 0 Å². The first-order valence-corrected chi connectivity index (χ1v) is 28.1. The number of esters is 1. The molecule has 0 saturated carbocycles. The van der Waals surface area contributed by atoms with Gasteiger partial charge in [0, 0.05) is 12.8 Å². The van der Waals surface area contributed by atoms with Crippen molar-refractivity contribution in [2.75, 3.05) is 13.2 Å². The molecular weight excluding hydrogens is 779 g/mol. The highest BCUT2D eigenvalue weighted by atomic mass is 16.5. The summed E-state index contributed by atoms with van der Waals surface area (Å²) in [6.07, 6.45) is 63.0. The largest absolute Gasteiger partial charge is 0.466 e. The lowest BCUT2D eigenvalue weighted by atomic mass is 10.0. The van der Waals surface area contributed by atoms with Crippen molar-refractivity contribution in [2.45, 2.75) is 315 Å². The zero-order valence-corrected chi connectivity index (χ0v) is 42.3. The van der Waals surface area contributed by atoms with E-state index in [0.717, 1.165) is 64.2 Å². The Morgan fingerprint density at radius 2 is 0.825 bits per heavy atom. The van der Waals surface area contributed by atoms with Gasteiger partial charge in [0.2, 0.25) is 5.91 Å². The molecule has 1 amide bonds. The Labute approximate surface area is 392 Å². The summed E-state index contributed by atoms with van der Waals surface area (Å²) in [5.41, 5.74) is 0. The number of hydrogen-bond acceptors (Lipinski definition) is 5. The van der Waals surface area contributed by atoms with Crippen LogP contribution in [0.25, 0.3) is 0 Å². The minimum atomic E-state index is -0.674. The highest BCUT2D eigenvalue weighted by Gasteiger charge is 2.20. The zero-order chi connectivity index (χ0) is 45.8. The SMILES string of the molecule is CCC/C=C\C/C=C\CCCCCCCC(=O)OCCCCCCCCCCCCCCCC(=O)NC(CO)C(O)CCCCCCCCCCCCCCCCCCCCCC. The average Bonchev–Trinajstić information content (AvgIpc) is 3.28. The Balaban J connectivity index is 3.46. The van der Waals surface area contributed by atoms with E-state index >= 15 is 0 Å². The van der Waals surface area contributed by atoms with Crippen LogP contribution in [0.15, 0.2) is 24.3 Å². The molecule has 0 radical (unpaired) electrons. The van der Waals surface area contributed by atoms with Crippen molar-refractivity contribution < 1.29 is 24.5 Å². The van der Waals surface area contributed by atoms with Gasteiger partial charge in [0.1, 0.15) is 0 Å². The van der Waals surface area contributed by atoms with Crippen molar-refractivity contribution in [1.82, 2.24) is 5.32 Å². The summed E-state index contributed by atoms with van der Waals surface area (Å²) in [4.78, 5) is 24.5. The molecule has 2 atom stereocenters. The number of nitrogens with one attached hydrogen (secondary N) is 1. The van der Waals surface area contributed by atoms with Crippen LogP contribution in [0.5, 0.6) is 0 Å². The van der Waals surface area contributed by atoms with E-state index in [2.05, 4.69) is 43.5 Å². The smallest absolute Gasteiger partial charge is 0.305 e. The van der Waals surface area contributed by atoms with Gasteiger partial charge in [-0.25, -0.2) is 0 Å². The van der Waals surface area contributed by atoms with Gasteiger partial charge in [-0.2, -0.15) is 0 Å². The maximum Gasteiger partial charge on any atom is 0.305 e. The third-order valence-corrected chi connectivity index (χ3v) is 13.0. The number of rotatable bonds is 52. The van der Waals surface area contributed by atoms with Crippen LogP contribution in [0.4, 0.5) is 0 Å². The molecule has 0 aliphatic heterocycles. The highest BCUT2D eigenvalue weighted by molar-refractivity contribution is 5.76. The van der Waals surface area contributed by atoms with E-state index in [0.29, 0.717) is 25.9 Å². The van der Waals surface area contributed by atoms with Gasteiger partial charge in [-0.15, -0.1) is 0 Å². The van der Waals surface area contributed by atoms with E-state index in [-0.39, 0.29) is 18.5 Å². The number of allylic oxidation sites excluding steroid dienone is 4. The van der Waals surface area contributed by atoms with Crippen molar-refractivity contribution in [3.05, 3.63) is 24.3 Å². The van der Waals surface area contributed by atoms with Gasteiger partial charge in [-0.1, -0.05) is 263 Å². The molecule has 2 unspecified atom stereocenters. The van der Waals surface area contributed by atoms with Crippen molar-refractivity contribution in [1.29, 1.82) is 0 Å². The van der Waals surface area contributed by atoms with Crippen LogP contribution in [0.1, 0.15) is 303 Å². The van der Waals surface area contributed by atoms with Crippen LogP contribution >= 0.6 is 0 Å². The van der Waals surface area contributed by atoms with E-state index in [1.54, 1.807) is 0 Å². The van der Waals surface area contributed by atoms with Crippen LogP contribution in [0.2, 0.25) is 0 Å². The topological polar surface area (TPSA) is 95.9 Å². The zero-order valence-electron chi connectivity index (χ0n) is 42.3. The second kappa shape index (κ2) is 53.0. The number of ether oxygens (including phenoxy) is 1. The molecule has 63 heavy (non-hydrogen) atoms. The average molecular weight is 889 g/mol. The molecule has 0 aromatic rings. The molecule has 0 aliphatic rings. The first-order valence-electron chi connectivity index (χ1n) is 28.1. The number of unbranched alkanes of at least 4 members (excludes halogenated alkanes) is 37. The van der Waals surface area contributed by atoms with Gasteiger partial charge in [-0.3, -0.25) is 9.59 Å². The molecule has 0 aromatic carbocycles. The first-order chi connectivity index (χ1) is 31.0. The molecule has 6 heteroatoms. The van der Waals surface area contributed by atoms with E-state index < -0.39 is 12.1 Å². The third-order valence-electron chi connectivity index (χ3n) is 13.0. The summed E-state index contributed by atoms with van der Waals surface area (Å²) in [6.45, 7) is 4.87. The normalized spacial score (nSPS) is 12.8.